The maximum absolute atomic E-state index is 2.68. The highest BCUT2D eigenvalue weighted by Crippen LogP contribution is 2.65. The summed E-state index contributed by atoms with van der Waals surface area (Å²) >= 11 is 1.90. The standard InChI is InChI=1S/C87H56BN3S/c1-4-28-59(29-5-1)89(76-45-24-44-73-82(76)68-39-18-22-43-72(68)87(73)70-41-20-16-37-66(70)67-38-17-21-42-71(67)87)62-53-77-84-78(54-62)91(61-32-8-3-9-33-61)86-75(49-50-80-83(86)69-40-19-23-46-79(69)92-80)88(84)74-48-47-58-52-56-26-11-14-35-64(56)63-34-13-10-25-55(63)51-57-27-12-15-36-65(57)81(58)85(74)90(77)60-30-6-2-7-31-60/h1-50,53-54H,51-52H2. The molecular weight excluding hydrogens is 1130 g/mol. The number of rotatable bonds is 5. The number of benzene rings is 14. The molecule has 428 valence electrons. The van der Waals surface area contributed by atoms with Gasteiger partial charge in [-0.3, -0.25) is 0 Å². The van der Waals surface area contributed by atoms with Crippen molar-refractivity contribution < 1.29 is 0 Å². The van der Waals surface area contributed by atoms with Crippen LogP contribution in [0, 0.1) is 0 Å². The molecule has 0 amide bonds. The molecule has 2 aliphatic heterocycles. The zero-order chi connectivity index (χ0) is 60.2. The summed E-state index contributed by atoms with van der Waals surface area (Å²) in [4.78, 5) is 7.92. The second kappa shape index (κ2) is 19.9. The molecule has 92 heavy (non-hydrogen) atoms. The molecule has 3 aliphatic carbocycles. The van der Waals surface area contributed by atoms with Crippen molar-refractivity contribution in [2.45, 2.75) is 18.3 Å². The lowest BCUT2D eigenvalue weighted by Crippen LogP contribution is -2.61. The van der Waals surface area contributed by atoms with E-state index in [1.54, 1.807) is 0 Å². The van der Waals surface area contributed by atoms with Crippen molar-refractivity contribution in [3.63, 3.8) is 0 Å². The van der Waals surface area contributed by atoms with Gasteiger partial charge in [0.15, 0.2) is 0 Å². The Morgan fingerprint density at radius 1 is 0.337 bits per heavy atom. The van der Waals surface area contributed by atoms with E-state index in [9.17, 15) is 0 Å². The lowest BCUT2D eigenvalue weighted by Gasteiger charge is -2.46. The maximum atomic E-state index is 2.68. The molecular formula is C87H56BN3S. The van der Waals surface area contributed by atoms with Crippen molar-refractivity contribution >= 4 is 106 Å². The van der Waals surface area contributed by atoms with E-state index in [1.807, 2.05) is 11.3 Å². The SMILES string of the molecule is c1ccc(N(c2cc3c4c(c2)N(c2ccccc2)c2c(ccc5sc6ccccc6c25)B4c2ccc4c(c2N3c2ccccc2)-c2ccccc2Cc2ccccc2-c2ccccc2C4)c2cccc3c2-c2ccccc2C32c3ccccc3-c3ccccc32)cc1. The minimum Gasteiger partial charge on any atom is -0.311 e. The highest BCUT2D eigenvalue weighted by atomic mass is 32.1. The third kappa shape index (κ3) is 7.17. The van der Waals surface area contributed by atoms with Gasteiger partial charge in [0.25, 0.3) is 6.71 Å². The van der Waals surface area contributed by atoms with Gasteiger partial charge < -0.3 is 14.7 Å². The first-order chi connectivity index (χ1) is 45.7. The number of nitrogens with zero attached hydrogens (tertiary/aromatic N) is 3. The third-order valence-electron chi connectivity index (χ3n) is 20.7. The molecule has 14 aromatic carbocycles. The van der Waals surface area contributed by atoms with Crippen LogP contribution in [0.3, 0.4) is 0 Å². The maximum Gasteiger partial charge on any atom is 0.252 e. The summed E-state index contributed by atoms with van der Waals surface area (Å²) < 4.78 is 2.56. The zero-order valence-electron chi connectivity index (χ0n) is 50.3. The van der Waals surface area contributed by atoms with Crippen molar-refractivity contribution in [1.29, 1.82) is 0 Å². The average Bonchev–Trinajstić information content (AvgIpc) is 1.39. The van der Waals surface area contributed by atoms with Crippen LogP contribution >= 0.6 is 11.3 Å². The van der Waals surface area contributed by atoms with E-state index < -0.39 is 5.41 Å². The highest BCUT2D eigenvalue weighted by molar-refractivity contribution is 7.26. The second-order valence-corrected chi connectivity index (χ2v) is 26.4. The number of thiophene rings is 1. The molecule has 0 bridgehead atoms. The fourth-order valence-corrected chi connectivity index (χ4v) is 18.3. The topological polar surface area (TPSA) is 9.72 Å². The molecule has 0 fully saturated rings. The summed E-state index contributed by atoms with van der Waals surface area (Å²) in [7, 11) is 0. The molecule has 5 heteroatoms. The highest BCUT2D eigenvalue weighted by Gasteiger charge is 2.53. The van der Waals surface area contributed by atoms with Gasteiger partial charge in [-0.15, -0.1) is 11.3 Å². The van der Waals surface area contributed by atoms with Gasteiger partial charge in [0.1, 0.15) is 0 Å². The van der Waals surface area contributed by atoms with Crippen LogP contribution in [-0.2, 0) is 18.3 Å². The van der Waals surface area contributed by atoms with E-state index in [0.29, 0.717) is 0 Å². The normalized spacial score (nSPS) is 13.8. The van der Waals surface area contributed by atoms with Gasteiger partial charge in [0.05, 0.1) is 22.5 Å². The Balaban J connectivity index is 0.935. The van der Waals surface area contributed by atoms with Gasteiger partial charge >= 0.3 is 0 Å². The summed E-state index contributed by atoms with van der Waals surface area (Å²) in [5.74, 6) is 0. The van der Waals surface area contributed by atoms with Crippen LogP contribution in [0.1, 0.15) is 44.5 Å². The lowest BCUT2D eigenvalue weighted by atomic mass is 9.33. The third-order valence-corrected chi connectivity index (χ3v) is 21.9. The van der Waals surface area contributed by atoms with Crippen LogP contribution in [0.15, 0.2) is 315 Å². The van der Waals surface area contributed by atoms with Crippen molar-refractivity contribution in [1.82, 2.24) is 0 Å². The largest absolute Gasteiger partial charge is 0.311 e. The molecule has 0 saturated carbocycles. The first-order valence-electron chi connectivity index (χ1n) is 32.2. The summed E-state index contributed by atoms with van der Waals surface area (Å²) in [6.07, 6.45) is 1.54. The van der Waals surface area contributed by atoms with E-state index in [4.69, 9.17) is 0 Å². The first-order valence-corrected chi connectivity index (χ1v) is 33.0. The molecule has 0 atom stereocenters. The van der Waals surface area contributed by atoms with Crippen molar-refractivity contribution in [3.8, 4) is 44.5 Å². The van der Waals surface area contributed by atoms with Gasteiger partial charge in [-0.25, -0.2) is 0 Å². The van der Waals surface area contributed by atoms with Crippen LogP contribution in [-0.4, -0.2) is 6.71 Å². The van der Waals surface area contributed by atoms with Gasteiger partial charge in [0, 0.05) is 65.4 Å². The van der Waals surface area contributed by atoms with E-state index >= 15 is 0 Å². The molecule has 3 nitrogen and oxygen atoms in total. The van der Waals surface area contributed by atoms with Gasteiger partial charge in [-0.2, -0.15) is 0 Å². The summed E-state index contributed by atoms with van der Waals surface area (Å²) in [6, 6.07) is 120. The molecule has 3 heterocycles. The van der Waals surface area contributed by atoms with Gasteiger partial charge in [-0.1, -0.05) is 249 Å². The molecule has 0 unspecified atom stereocenters. The molecule has 15 aromatic rings. The summed E-state index contributed by atoms with van der Waals surface area (Å²) in [5, 5.41) is 2.56. The Kier molecular flexibility index (Phi) is 11.2. The van der Waals surface area contributed by atoms with E-state index in [-0.39, 0.29) is 6.71 Å². The number of anilines is 9. The summed E-state index contributed by atoms with van der Waals surface area (Å²) in [6.45, 7) is -0.164. The van der Waals surface area contributed by atoms with E-state index in [1.165, 1.54) is 137 Å². The minimum absolute atomic E-state index is 0.164. The average molecular weight is 1190 g/mol. The van der Waals surface area contributed by atoms with Crippen molar-refractivity contribution in [2.24, 2.45) is 0 Å². The van der Waals surface area contributed by atoms with E-state index in [2.05, 4.69) is 330 Å². The fourth-order valence-electron chi connectivity index (χ4n) is 17.2. The van der Waals surface area contributed by atoms with Crippen LogP contribution in [0.4, 0.5) is 51.2 Å². The minimum atomic E-state index is -0.531. The monoisotopic (exact) mass is 1190 g/mol. The molecule has 1 aromatic heterocycles. The van der Waals surface area contributed by atoms with Gasteiger partial charge in [0.2, 0.25) is 0 Å². The predicted molar refractivity (Wildman–Crippen MR) is 387 cm³/mol. The summed E-state index contributed by atoms with van der Waals surface area (Å²) in [5.41, 5.74) is 34.4. The molecule has 0 saturated heterocycles. The van der Waals surface area contributed by atoms with Crippen molar-refractivity contribution in [3.05, 3.63) is 360 Å². The van der Waals surface area contributed by atoms with E-state index in [0.717, 1.165) is 52.7 Å². The molecule has 0 N–H and O–H groups in total. The van der Waals surface area contributed by atoms with Crippen LogP contribution in [0.2, 0.25) is 0 Å². The molecule has 1 spiro atoms. The van der Waals surface area contributed by atoms with Crippen LogP contribution in [0.25, 0.3) is 64.7 Å². The zero-order valence-corrected chi connectivity index (χ0v) is 51.1. The number of hydrogen-bond acceptors (Lipinski definition) is 4. The fraction of sp³-hybridized carbons (Fsp3) is 0.0345. The van der Waals surface area contributed by atoms with Crippen molar-refractivity contribution in [2.75, 3.05) is 14.7 Å². The molecule has 0 radical (unpaired) electrons. The molecule has 20 rings (SSSR count). The van der Waals surface area contributed by atoms with Crippen LogP contribution in [0.5, 0.6) is 0 Å². The number of fused-ring (bicyclic) bond motifs is 25. The Hall–Kier alpha value is -11.2. The predicted octanol–water partition coefficient (Wildman–Crippen LogP) is 20.8. The Morgan fingerprint density at radius 3 is 1.47 bits per heavy atom. The Labute approximate surface area is 539 Å². The Bertz CT molecular complexity index is 5530. The number of para-hydroxylation sites is 3. The first kappa shape index (κ1) is 51.6. The Morgan fingerprint density at radius 2 is 0.815 bits per heavy atom. The van der Waals surface area contributed by atoms with Crippen LogP contribution < -0.4 is 31.1 Å². The quantitative estimate of drug-likeness (QED) is 0.159. The smallest absolute Gasteiger partial charge is 0.252 e. The second-order valence-electron chi connectivity index (χ2n) is 25.3. The van der Waals surface area contributed by atoms with Gasteiger partial charge in [-0.05, 0) is 174 Å². The lowest BCUT2D eigenvalue weighted by molar-refractivity contribution is 0.794. The number of hydrogen-bond donors (Lipinski definition) is 0. The molecule has 5 aliphatic rings.